The molecule has 152 valence electrons. The first-order chi connectivity index (χ1) is 13.3. The Labute approximate surface area is 172 Å². The van der Waals surface area contributed by atoms with E-state index in [0.717, 1.165) is 16.7 Å². The summed E-state index contributed by atoms with van der Waals surface area (Å²) in [4.78, 5) is 4.21. The van der Waals surface area contributed by atoms with E-state index in [0.29, 0.717) is 24.1 Å². The van der Waals surface area contributed by atoms with Crippen molar-refractivity contribution in [2.75, 3.05) is 7.05 Å². The molecule has 0 atom stereocenters. The minimum atomic E-state index is -3.32. The molecule has 2 aromatic carbocycles. The van der Waals surface area contributed by atoms with Crippen molar-refractivity contribution >= 4 is 27.6 Å². The van der Waals surface area contributed by atoms with E-state index in [1.807, 2.05) is 48.5 Å². The minimum Gasteiger partial charge on any atom is -0.352 e. The Hall–Kier alpha value is -2.09. The lowest BCUT2D eigenvalue weighted by Gasteiger charge is -2.13. The molecule has 28 heavy (non-hydrogen) atoms. The molecule has 0 fully saturated rings. The maximum absolute atomic E-state index is 12.0. The second kappa shape index (κ2) is 10.5. The molecule has 0 spiro atoms. The summed E-state index contributed by atoms with van der Waals surface area (Å²) < 4.78 is 26.6. The standard InChI is InChI=1S/C20H27ClN4O2S/c1-15(2)25-28(26,27)14-17-9-7-16(8-10-17)12-23-20(22-3)24-13-18-5-4-6-19(21)11-18/h4-11,15,25H,12-14H2,1-3H3,(H2,22,23,24). The number of nitrogens with one attached hydrogen (secondary N) is 3. The predicted molar refractivity (Wildman–Crippen MR) is 116 cm³/mol. The maximum atomic E-state index is 12.0. The fourth-order valence-electron chi connectivity index (χ4n) is 2.61. The van der Waals surface area contributed by atoms with Gasteiger partial charge in [-0.25, -0.2) is 13.1 Å². The van der Waals surface area contributed by atoms with E-state index in [4.69, 9.17) is 11.6 Å². The van der Waals surface area contributed by atoms with E-state index in [1.54, 1.807) is 20.9 Å². The third-order valence-electron chi connectivity index (χ3n) is 3.83. The molecule has 0 radical (unpaired) electrons. The Balaban J connectivity index is 1.86. The zero-order valence-electron chi connectivity index (χ0n) is 16.4. The Bertz CT molecular complexity index is 897. The van der Waals surface area contributed by atoms with Gasteiger partial charge in [-0.15, -0.1) is 0 Å². The van der Waals surface area contributed by atoms with E-state index in [-0.39, 0.29) is 11.8 Å². The van der Waals surface area contributed by atoms with Crippen LogP contribution in [0.25, 0.3) is 0 Å². The van der Waals surface area contributed by atoms with Crippen LogP contribution in [0, 0.1) is 0 Å². The van der Waals surface area contributed by atoms with Crippen LogP contribution in [0.15, 0.2) is 53.5 Å². The van der Waals surface area contributed by atoms with Gasteiger partial charge in [-0.3, -0.25) is 4.99 Å². The second-order valence-corrected chi connectivity index (χ2v) is 8.95. The number of hydrogen-bond acceptors (Lipinski definition) is 3. The average molecular weight is 423 g/mol. The predicted octanol–water partition coefficient (Wildman–Crippen LogP) is 3.03. The zero-order valence-corrected chi connectivity index (χ0v) is 17.9. The molecule has 3 N–H and O–H groups in total. The van der Waals surface area contributed by atoms with Crippen LogP contribution in [-0.4, -0.2) is 27.5 Å². The van der Waals surface area contributed by atoms with Gasteiger partial charge in [0.05, 0.1) is 5.75 Å². The number of aliphatic imine (C=N–C) groups is 1. The van der Waals surface area contributed by atoms with Gasteiger partial charge in [-0.1, -0.05) is 48.0 Å². The number of benzene rings is 2. The molecule has 0 heterocycles. The van der Waals surface area contributed by atoms with Gasteiger partial charge in [0, 0.05) is 31.2 Å². The summed E-state index contributed by atoms with van der Waals surface area (Å²) in [5.74, 6) is 0.648. The lowest BCUT2D eigenvalue weighted by Crippen LogP contribution is -2.36. The fourth-order valence-corrected chi connectivity index (χ4v) is 4.26. The van der Waals surface area contributed by atoms with E-state index in [2.05, 4.69) is 20.3 Å². The van der Waals surface area contributed by atoms with E-state index >= 15 is 0 Å². The van der Waals surface area contributed by atoms with Crippen LogP contribution >= 0.6 is 11.6 Å². The van der Waals surface area contributed by atoms with Gasteiger partial charge >= 0.3 is 0 Å². The third kappa shape index (κ3) is 7.88. The van der Waals surface area contributed by atoms with Crippen LogP contribution in [0.2, 0.25) is 5.02 Å². The summed E-state index contributed by atoms with van der Waals surface area (Å²) in [5, 5.41) is 7.18. The molecule has 0 bridgehead atoms. The minimum absolute atomic E-state index is 0.0260. The van der Waals surface area contributed by atoms with Gasteiger partial charge in [-0.05, 0) is 42.7 Å². The highest BCUT2D eigenvalue weighted by atomic mass is 35.5. The topological polar surface area (TPSA) is 82.6 Å². The van der Waals surface area contributed by atoms with Crippen LogP contribution in [0.1, 0.15) is 30.5 Å². The second-order valence-electron chi connectivity index (χ2n) is 6.76. The van der Waals surface area contributed by atoms with E-state index in [9.17, 15) is 8.42 Å². The molecular weight excluding hydrogens is 396 g/mol. The molecule has 0 unspecified atom stereocenters. The fraction of sp³-hybridized carbons (Fsp3) is 0.350. The first-order valence-electron chi connectivity index (χ1n) is 9.04. The SMILES string of the molecule is CN=C(NCc1ccc(CS(=O)(=O)NC(C)C)cc1)NCc1cccc(Cl)c1. The summed E-state index contributed by atoms with van der Waals surface area (Å²) >= 11 is 6.00. The normalized spacial score (nSPS) is 12.2. The van der Waals surface area contributed by atoms with Crippen molar-refractivity contribution in [2.24, 2.45) is 4.99 Å². The Morgan fingerprint density at radius 3 is 2.18 bits per heavy atom. The molecular formula is C20H27ClN4O2S. The number of sulfonamides is 1. The average Bonchev–Trinajstić information content (AvgIpc) is 2.62. The Morgan fingerprint density at radius 1 is 1.00 bits per heavy atom. The molecule has 2 aromatic rings. The number of hydrogen-bond donors (Lipinski definition) is 3. The molecule has 0 aliphatic carbocycles. The molecule has 0 amide bonds. The van der Waals surface area contributed by atoms with Crippen molar-refractivity contribution in [3.05, 3.63) is 70.2 Å². The lowest BCUT2D eigenvalue weighted by atomic mass is 10.1. The molecule has 8 heteroatoms. The number of guanidine groups is 1. The van der Waals surface area contributed by atoms with Crippen LogP contribution in [0.3, 0.4) is 0 Å². The first-order valence-corrected chi connectivity index (χ1v) is 11.1. The van der Waals surface area contributed by atoms with Gasteiger partial charge in [0.1, 0.15) is 0 Å². The molecule has 0 saturated carbocycles. The zero-order chi connectivity index (χ0) is 20.6. The quantitative estimate of drug-likeness (QED) is 0.451. The molecule has 6 nitrogen and oxygen atoms in total. The van der Waals surface area contributed by atoms with Crippen molar-refractivity contribution in [1.29, 1.82) is 0 Å². The number of nitrogens with zero attached hydrogens (tertiary/aromatic N) is 1. The highest BCUT2D eigenvalue weighted by molar-refractivity contribution is 7.88. The molecule has 0 aliphatic heterocycles. The van der Waals surface area contributed by atoms with Gasteiger partial charge in [0.2, 0.25) is 10.0 Å². The monoisotopic (exact) mass is 422 g/mol. The Morgan fingerprint density at radius 2 is 1.61 bits per heavy atom. The van der Waals surface area contributed by atoms with Crippen molar-refractivity contribution < 1.29 is 8.42 Å². The first kappa shape index (κ1) is 22.2. The molecule has 0 aromatic heterocycles. The summed E-state index contributed by atoms with van der Waals surface area (Å²) in [6.45, 7) is 4.80. The summed E-state index contributed by atoms with van der Waals surface area (Å²) in [6, 6.07) is 15.0. The molecule has 0 aliphatic rings. The van der Waals surface area contributed by atoms with Crippen LogP contribution in [-0.2, 0) is 28.9 Å². The lowest BCUT2D eigenvalue weighted by molar-refractivity contribution is 0.569. The van der Waals surface area contributed by atoms with Crippen LogP contribution < -0.4 is 15.4 Å². The van der Waals surface area contributed by atoms with Gasteiger partial charge in [0.25, 0.3) is 0 Å². The van der Waals surface area contributed by atoms with E-state index in [1.165, 1.54) is 0 Å². The smallest absolute Gasteiger partial charge is 0.216 e. The van der Waals surface area contributed by atoms with Crippen LogP contribution in [0.5, 0.6) is 0 Å². The molecule has 2 rings (SSSR count). The van der Waals surface area contributed by atoms with Gasteiger partial charge in [-0.2, -0.15) is 0 Å². The van der Waals surface area contributed by atoms with Crippen molar-refractivity contribution in [3.63, 3.8) is 0 Å². The van der Waals surface area contributed by atoms with Gasteiger partial charge < -0.3 is 10.6 Å². The van der Waals surface area contributed by atoms with Crippen molar-refractivity contribution in [2.45, 2.75) is 38.7 Å². The largest absolute Gasteiger partial charge is 0.352 e. The van der Waals surface area contributed by atoms with Crippen molar-refractivity contribution in [1.82, 2.24) is 15.4 Å². The van der Waals surface area contributed by atoms with Crippen LogP contribution in [0.4, 0.5) is 0 Å². The highest BCUT2D eigenvalue weighted by Gasteiger charge is 2.12. The highest BCUT2D eigenvalue weighted by Crippen LogP contribution is 2.10. The van der Waals surface area contributed by atoms with Gasteiger partial charge in [0.15, 0.2) is 5.96 Å². The number of halogens is 1. The third-order valence-corrected chi connectivity index (χ3v) is 5.61. The summed E-state index contributed by atoms with van der Waals surface area (Å²) in [5.41, 5.74) is 2.85. The number of rotatable bonds is 8. The molecule has 0 saturated heterocycles. The summed E-state index contributed by atoms with van der Waals surface area (Å²) in [6.07, 6.45) is 0. The maximum Gasteiger partial charge on any atom is 0.216 e. The van der Waals surface area contributed by atoms with E-state index < -0.39 is 10.0 Å². The Kier molecular flexibility index (Phi) is 8.29. The summed E-state index contributed by atoms with van der Waals surface area (Å²) in [7, 11) is -1.61. The van der Waals surface area contributed by atoms with Crippen molar-refractivity contribution in [3.8, 4) is 0 Å².